The molecule has 0 atom stereocenters. The van der Waals surface area contributed by atoms with E-state index < -0.39 is 0 Å². The zero-order valence-corrected chi connectivity index (χ0v) is 20.4. The molecule has 0 radical (unpaired) electrons. The number of hydrogen-bond donors (Lipinski definition) is 2. The number of hydrazine groups is 1. The highest BCUT2D eigenvalue weighted by Gasteiger charge is 2.27. The first-order valence-electron chi connectivity index (χ1n) is 11.1. The molecule has 0 unspecified atom stereocenters. The molecule has 0 bridgehead atoms. The van der Waals surface area contributed by atoms with Crippen LogP contribution in [0.3, 0.4) is 0 Å². The van der Waals surface area contributed by atoms with Crippen molar-refractivity contribution in [2.24, 2.45) is 0 Å². The molecule has 1 aliphatic heterocycles. The number of nitrogens with zero attached hydrogens (tertiary/aromatic N) is 1. The van der Waals surface area contributed by atoms with E-state index in [2.05, 4.69) is 10.7 Å². The fraction of sp³-hybridized carbons (Fsp3) is 0.0357. The molecule has 5 rings (SSSR count). The van der Waals surface area contributed by atoms with E-state index >= 15 is 0 Å². The Kier molecular flexibility index (Phi) is 6.80. The van der Waals surface area contributed by atoms with Gasteiger partial charge in [-0.1, -0.05) is 47.5 Å². The van der Waals surface area contributed by atoms with Gasteiger partial charge in [-0.05, 0) is 83.9 Å². The third-order valence-corrected chi connectivity index (χ3v) is 6.09. The van der Waals surface area contributed by atoms with E-state index in [4.69, 9.17) is 27.9 Å². The van der Waals surface area contributed by atoms with Crippen LogP contribution in [0.1, 0.15) is 11.1 Å². The molecule has 0 spiro atoms. The summed E-state index contributed by atoms with van der Waals surface area (Å²) in [6.07, 6.45) is 0. The van der Waals surface area contributed by atoms with Crippen LogP contribution in [0.5, 0.6) is 11.5 Å². The van der Waals surface area contributed by atoms with E-state index in [1.165, 1.54) is 17.1 Å². The van der Waals surface area contributed by atoms with Gasteiger partial charge in [-0.2, -0.15) is 0 Å². The molecule has 2 amide bonds. The van der Waals surface area contributed by atoms with Crippen LogP contribution in [0.25, 0.3) is 11.3 Å². The summed E-state index contributed by atoms with van der Waals surface area (Å²) in [5.74, 6) is 0.754. The molecule has 5 nitrogen and oxygen atoms in total. The number of rotatable bonds is 5. The van der Waals surface area contributed by atoms with Crippen LogP contribution in [0, 0.1) is 5.82 Å². The zero-order chi connectivity index (χ0) is 25.1. The van der Waals surface area contributed by atoms with Crippen molar-refractivity contribution in [2.45, 2.75) is 0 Å². The van der Waals surface area contributed by atoms with Crippen LogP contribution >= 0.6 is 23.2 Å². The third-order valence-electron chi connectivity index (χ3n) is 5.59. The molecule has 2 N–H and O–H groups in total. The highest BCUT2D eigenvalue weighted by Crippen LogP contribution is 2.32. The second kappa shape index (κ2) is 10.3. The van der Waals surface area contributed by atoms with Crippen molar-refractivity contribution in [1.82, 2.24) is 10.4 Å². The molecule has 0 saturated heterocycles. The predicted octanol–water partition coefficient (Wildman–Crippen LogP) is 7.85. The summed E-state index contributed by atoms with van der Waals surface area (Å²) < 4.78 is 18.8. The van der Waals surface area contributed by atoms with Crippen molar-refractivity contribution in [3.8, 4) is 11.5 Å². The summed E-state index contributed by atoms with van der Waals surface area (Å²) in [6.45, 7) is 0.344. The Morgan fingerprint density at radius 2 is 1.31 bits per heavy atom. The van der Waals surface area contributed by atoms with E-state index in [9.17, 15) is 9.18 Å². The number of nitrogens with one attached hydrogen (secondary N) is 2. The molecule has 4 aromatic carbocycles. The molecule has 1 heterocycles. The lowest BCUT2D eigenvalue weighted by atomic mass is 10.0. The van der Waals surface area contributed by atoms with E-state index in [1.54, 1.807) is 36.4 Å². The number of benzene rings is 4. The molecule has 0 fully saturated rings. The molecule has 0 aromatic heterocycles. The summed E-state index contributed by atoms with van der Waals surface area (Å²) in [5, 5.41) is 5.68. The number of ether oxygens (including phenoxy) is 1. The second-order valence-corrected chi connectivity index (χ2v) is 8.95. The number of carbonyl (C=O) groups excluding carboxylic acids is 1. The van der Waals surface area contributed by atoms with Crippen molar-refractivity contribution in [1.29, 1.82) is 0 Å². The van der Waals surface area contributed by atoms with Gasteiger partial charge in [0, 0.05) is 21.3 Å². The fourth-order valence-electron chi connectivity index (χ4n) is 3.78. The second-order valence-electron chi connectivity index (χ2n) is 8.08. The van der Waals surface area contributed by atoms with E-state index in [-0.39, 0.29) is 11.8 Å². The predicted molar refractivity (Wildman–Crippen MR) is 141 cm³/mol. The standard InChI is InChI=1S/C28H20Cl2FN3O2/c29-20-5-1-18(2-6-20)26-17-34(33-27(26)19-3-7-21(30)8-4-19)28(35)32-23-11-15-25(16-12-23)36-24-13-9-22(31)10-14-24/h1-16,33H,17H2,(H,32,35). The van der Waals surface area contributed by atoms with Gasteiger partial charge in [-0.15, -0.1) is 0 Å². The highest BCUT2D eigenvalue weighted by molar-refractivity contribution is 6.31. The minimum absolute atomic E-state index is 0.322. The molecular formula is C28H20Cl2FN3O2. The Labute approximate surface area is 217 Å². The molecule has 1 aliphatic rings. The van der Waals surface area contributed by atoms with E-state index in [0.29, 0.717) is 33.8 Å². The van der Waals surface area contributed by atoms with Crippen LogP contribution < -0.4 is 15.5 Å². The first-order valence-corrected chi connectivity index (χ1v) is 11.8. The highest BCUT2D eigenvalue weighted by atomic mass is 35.5. The Hall–Kier alpha value is -4.00. The fourth-order valence-corrected chi connectivity index (χ4v) is 4.03. The van der Waals surface area contributed by atoms with Crippen LogP contribution in [0.2, 0.25) is 10.0 Å². The number of urea groups is 1. The lowest BCUT2D eigenvalue weighted by molar-refractivity contribution is 0.210. The number of anilines is 1. The topological polar surface area (TPSA) is 53.6 Å². The molecular weight excluding hydrogens is 500 g/mol. The minimum atomic E-state index is -0.330. The van der Waals surface area contributed by atoms with Gasteiger partial charge in [0.2, 0.25) is 0 Å². The van der Waals surface area contributed by atoms with Gasteiger partial charge in [0.05, 0.1) is 12.2 Å². The lowest BCUT2D eigenvalue weighted by Crippen LogP contribution is -2.40. The van der Waals surface area contributed by atoms with Gasteiger partial charge in [-0.3, -0.25) is 5.43 Å². The molecule has 4 aromatic rings. The van der Waals surface area contributed by atoms with Crippen molar-refractivity contribution in [3.63, 3.8) is 0 Å². The normalized spacial score (nSPS) is 12.9. The number of carbonyl (C=O) groups is 1. The number of halogens is 3. The van der Waals surface area contributed by atoms with Crippen molar-refractivity contribution < 1.29 is 13.9 Å². The molecule has 180 valence electrons. The summed E-state index contributed by atoms with van der Waals surface area (Å²) in [6, 6.07) is 27.3. The first kappa shape index (κ1) is 23.7. The van der Waals surface area contributed by atoms with E-state index in [0.717, 1.165) is 22.4 Å². The minimum Gasteiger partial charge on any atom is -0.457 e. The Morgan fingerprint density at radius 1 is 0.778 bits per heavy atom. The van der Waals surface area contributed by atoms with Crippen molar-refractivity contribution in [2.75, 3.05) is 11.9 Å². The van der Waals surface area contributed by atoms with Crippen molar-refractivity contribution >= 4 is 46.2 Å². The van der Waals surface area contributed by atoms with Crippen LogP contribution in [-0.4, -0.2) is 17.6 Å². The van der Waals surface area contributed by atoms with Gasteiger partial charge in [-0.25, -0.2) is 14.2 Å². The first-order chi connectivity index (χ1) is 17.4. The molecule has 36 heavy (non-hydrogen) atoms. The molecule has 8 heteroatoms. The van der Waals surface area contributed by atoms with Crippen LogP contribution in [-0.2, 0) is 0 Å². The number of amides is 2. The summed E-state index contributed by atoms with van der Waals surface area (Å²) in [7, 11) is 0. The maximum atomic E-state index is 13.1. The lowest BCUT2D eigenvalue weighted by Gasteiger charge is -2.19. The van der Waals surface area contributed by atoms with Gasteiger partial charge in [0.1, 0.15) is 17.3 Å². The average molecular weight is 520 g/mol. The zero-order valence-electron chi connectivity index (χ0n) is 18.8. The quantitative estimate of drug-likeness (QED) is 0.282. The summed E-state index contributed by atoms with van der Waals surface area (Å²) in [4.78, 5) is 13.1. The van der Waals surface area contributed by atoms with Gasteiger partial charge < -0.3 is 10.1 Å². The smallest absolute Gasteiger partial charge is 0.340 e. The monoisotopic (exact) mass is 519 g/mol. The Bertz CT molecular complexity index is 1350. The van der Waals surface area contributed by atoms with Crippen LogP contribution in [0.15, 0.2) is 97.1 Å². The van der Waals surface area contributed by atoms with Crippen molar-refractivity contribution in [3.05, 3.63) is 124 Å². The molecule has 0 saturated carbocycles. The number of hydrogen-bond acceptors (Lipinski definition) is 3. The van der Waals surface area contributed by atoms with Gasteiger partial charge in [0.25, 0.3) is 0 Å². The van der Waals surface area contributed by atoms with Crippen LogP contribution in [0.4, 0.5) is 14.9 Å². The Balaban J connectivity index is 1.30. The molecule has 0 aliphatic carbocycles. The summed E-state index contributed by atoms with van der Waals surface area (Å²) in [5.41, 5.74) is 7.45. The van der Waals surface area contributed by atoms with E-state index in [1.807, 2.05) is 48.5 Å². The summed E-state index contributed by atoms with van der Waals surface area (Å²) >= 11 is 12.1. The van der Waals surface area contributed by atoms with Gasteiger partial charge in [0.15, 0.2) is 0 Å². The Morgan fingerprint density at radius 3 is 1.89 bits per heavy atom. The SMILES string of the molecule is O=C(Nc1ccc(Oc2ccc(F)cc2)cc1)N1CC(c2ccc(Cl)cc2)=C(c2ccc(Cl)cc2)N1. The van der Waals surface area contributed by atoms with Gasteiger partial charge >= 0.3 is 6.03 Å². The largest absolute Gasteiger partial charge is 0.457 e. The maximum absolute atomic E-state index is 13.1. The third kappa shape index (κ3) is 5.46. The maximum Gasteiger partial charge on any atom is 0.340 e. The average Bonchev–Trinajstić information content (AvgIpc) is 3.33.